The summed E-state index contributed by atoms with van der Waals surface area (Å²) in [6, 6.07) is 2.20. The second-order valence-corrected chi connectivity index (χ2v) is 3.07. The van der Waals surface area contributed by atoms with Gasteiger partial charge in [-0.2, -0.15) is 5.10 Å². The van der Waals surface area contributed by atoms with Crippen LogP contribution in [0.1, 0.15) is 13.3 Å². The van der Waals surface area contributed by atoms with Crippen LogP contribution in [0.15, 0.2) is 12.3 Å². The summed E-state index contributed by atoms with van der Waals surface area (Å²) in [4.78, 5) is 0. The van der Waals surface area contributed by atoms with Crippen LogP contribution in [0.3, 0.4) is 0 Å². The fraction of sp³-hybridized carbons (Fsp3) is 0.625. The van der Waals surface area contributed by atoms with E-state index in [-0.39, 0.29) is 6.04 Å². The number of nitrogens with one attached hydrogen (secondary N) is 1. The van der Waals surface area contributed by atoms with Gasteiger partial charge in [-0.3, -0.25) is 4.68 Å². The molecule has 0 amide bonds. The SMILES string of the molecule is CC(N)CCNc1ccn(C)n1. The largest absolute Gasteiger partial charge is 0.369 e. The van der Waals surface area contributed by atoms with E-state index in [0.29, 0.717) is 0 Å². The van der Waals surface area contributed by atoms with Crippen molar-refractivity contribution < 1.29 is 0 Å². The maximum absolute atomic E-state index is 5.60. The van der Waals surface area contributed by atoms with Crippen molar-refractivity contribution in [1.82, 2.24) is 9.78 Å². The lowest BCUT2D eigenvalue weighted by Gasteiger charge is -2.04. The van der Waals surface area contributed by atoms with Gasteiger partial charge < -0.3 is 11.1 Å². The highest BCUT2D eigenvalue weighted by molar-refractivity contribution is 5.31. The van der Waals surface area contributed by atoms with E-state index in [1.165, 1.54) is 0 Å². The zero-order chi connectivity index (χ0) is 8.97. The highest BCUT2D eigenvalue weighted by Crippen LogP contribution is 2.00. The van der Waals surface area contributed by atoms with E-state index in [0.717, 1.165) is 18.8 Å². The lowest BCUT2D eigenvalue weighted by molar-refractivity contribution is 0.687. The number of hydrogen-bond acceptors (Lipinski definition) is 3. The Kier molecular flexibility index (Phi) is 3.10. The molecular weight excluding hydrogens is 152 g/mol. The van der Waals surface area contributed by atoms with Gasteiger partial charge >= 0.3 is 0 Å². The number of hydrogen-bond donors (Lipinski definition) is 2. The fourth-order valence-electron chi connectivity index (χ4n) is 0.937. The maximum Gasteiger partial charge on any atom is 0.147 e. The first-order chi connectivity index (χ1) is 5.68. The van der Waals surface area contributed by atoms with Gasteiger partial charge in [-0.05, 0) is 13.3 Å². The van der Waals surface area contributed by atoms with Crippen LogP contribution in [0.25, 0.3) is 0 Å². The van der Waals surface area contributed by atoms with E-state index in [4.69, 9.17) is 5.73 Å². The summed E-state index contributed by atoms with van der Waals surface area (Å²) < 4.78 is 1.77. The first-order valence-electron chi connectivity index (χ1n) is 4.17. The van der Waals surface area contributed by atoms with Crippen LogP contribution in [-0.4, -0.2) is 22.4 Å². The maximum atomic E-state index is 5.60. The van der Waals surface area contributed by atoms with Gasteiger partial charge in [0, 0.05) is 31.9 Å². The highest BCUT2D eigenvalue weighted by Gasteiger charge is 1.96. The molecule has 0 bridgehead atoms. The van der Waals surface area contributed by atoms with Crippen molar-refractivity contribution in [2.75, 3.05) is 11.9 Å². The first-order valence-corrected chi connectivity index (χ1v) is 4.17. The van der Waals surface area contributed by atoms with Gasteiger partial charge in [0.05, 0.1) is 0 Å². The zero-order valence-corrected chi connectivity index (χ0v) is 7.62. The Balaban J connectivity index is 2.24. The number of nitrogens with two attached hydrogens (primary N) is 1. The van der Waals surface area contributed by atoms with Gasteiger partial charge in [0.25, 0.3) is 0 Å². The summed E-state index contributed by atoms with van der Waals surface area (Å²) >= 11 is 0. The Morgan fingerprint density at radius 2 is 2.50 bits per heavy atom. The second kappa shape index (κ2) is 4.11. The molecule has 1 atom stereocenters. The van der Waals surface area contributed by atoms with Gasteiger partial charge in [0.2, 0.25) is 0 Å². The number of aryl methyl sites for hydroxylation is 1. The van der Waals surface area contributed by atoms with Crippen LogP contribution in [0.2, 0.25) is 0 Å². The van der Waals surface area contributed by atoms with Gasteiger partial charge in [-0.15, -0.1) is 0 Å². The van der Waals surface area contributed by atoms with Gasteiger partial charge in [0.15, 0.2) is 0 Å². The molecule has 0 saturated heterocycles. The molecular formula is C8H16N4. The minimum absolute atomic E-state index is 0.251. The Labute approximate surface area is 72.8 Å². The smallest absolute Gasteiger partial charge is 0.147 e. The molecule has 12 heavy (non-hydrogen) atoms. The lowest BCUT2D eigenvalue weighted by Crippen LogP contribution is -2.19. The molecule has 0 aliphatic heterocycles. The molecule has 4 heteroatoms. The van der Waals surface area contributed by atoms with Crippen LogP contribution in [-0.2, 0) is 7.05 Å². The summed E-state index contributed by atoms with van der Waals surface area (Å²) in [7, 11) is 1.90. The van der Waals surface area contributed by atoms with E-state index in [9.17, 15) is 0 Å². The Morgan fingerprint density at radius 1 is 1.75 bits per heavy atom. The third-order valence-electron chi connectivity index (χ3n) is 1.62. The average molecular weight is 168 g/mol. The number of rotatable bonds is 4. The van der Waals surface area contributed by atoms with E-state index < -0.39 is 0 Å². The molecule has 3 N–H and O–H groups in total. The summed E-state index contributed by atoms with van der Waals surface area (Å²) in [5.74, 6) is 0.915. The van der Waals surface area contributed by atoms with Crippen LogP contribution < -0.4 is 11.1 Å². The zero-order valence-electron chi connectivity index (χ0n) is 7.62. The average Bonchev–Trinajstić information content (AvgIpc) is 2.35. The van der Waals surface area contributed by atoms with E-state index in [1.54, 1.807) is 4.68 Å². The van der Waals surface area contributed by atoms with Crippen LogP contribution >= 0.6 is 0 Å². The molecule has 1 unspecified atom stereocenters. The Bertz CT molecular complexity index is 229. The second-order valence-electron chi connectivity index (χ2n) is 3.07. The molecule has 0 aliphatic carbocycles. The monoisotopic (exact) mass is 168 g/mol. The summed E-state index contributed by atoms with van der Waals surface area (Å²) in [5, 5.41) is 7.36. The van der Waals surface area contributed by atoms with Crippen molar-refractivity contribution in [2.24, 2.45) is 12.8 Å². The normalized spacial score (nSPS) is 12.9. The first kappa shape index (κ1) is 9.06. The molecule has 0 spiro atoms. The minimum Gasteiger partial charge on any atom is -0.369 e. The predicted octanol–water partition coefficient (Wildman–Crippen LogP) is 0.569. The third kappa shape index (κ3) is 2.92. The molecule has 1 rings (SSSR count). The Morgan fingerprint density at radius 3 is 3.00 bits per heavy atom. The molecule has 68 valence electrons. The fourth-order valence-corrected chi connectivity index (χ4v) is 0.937. The molecule has 1 aromatic heterocycles. The van der Waals surface area contributed by atoms with Crippen LogP contribution in [0, 0.1) is 0 Å². The third-order valence-corrected chi connectivity index (χ3v) is 1.62. The van der Waals surface area contributed by atoms with E-state index >= 15 is 0 Å². The number of aromatic nitrogens is 2. The van der Waals surface area contributed by atoms with Crippen LogP contribution in [0.4, 0.5) is 5.82 Å². The standard InChI is InChI=1S/C8H16N4/c1-7(9)3-5-10-8-4-6-12(2)11-8/h4,6-7H,3,5,9H2,1-2H3,(H,10,11). The quantitative estimate of drug-likeness (QED) is 0.691. The summed E-state index contributed by atoms with van der Waals surface area (Å²) in [5.41, 5.74) is 5.60. The van der Waals surface area contributed by atoms with Crippen molar-refractivity contribution in [1.29, 1.82) is 0 Å². The summed E-state index contributed by atoms with van der Waals surface area (Å²) in [6.07, 6.45) is 2.88. The minimum atomic E-state index is 0.251. The van der Waals surface area contributed by atoms with E-state index in [2.05, 4.69) is 10.4 Å². The van der Waals surface area contributed by atoms with Crippen molar-refractivity contribution >= 4 is 5.82 Å². The Hall–Kier alpha value is -1.03. The van der Waals surface area contributed by atoms with Gasteiger partial charge in [-0.25, -0.2) is 0 Å². The molecule has 0 fully saturated rings. The number of anilines is 1. The molecule has 0 aromatic carbocycles. The lowest BCUT2D eigenvalue weighted by atomic mass is 10.2. The van der Waals surface area contributed by atoms with Crippen molar-refractivity contribution in [3.05, 3.63) is 12.3 Å². The predicted molar refractivity (Wildman–Crippen MR) is 50.0 cm³/mol. The highest BCUT2D eigenvalue weighted by atomic mass is 15.3. The van der Waals surface area contributed by atoms with Crippen LogP contribution in [0.5, 0.6) is 0 Å². The van der Waals surface area contributed by atoms with Crippen molar-refractivity contribution in [2.45, 2.75) is 19.4 Å². The summed E-state index contributed by atoms with van der Waals surface area (Å²) in [6.45, 7) is 2.88. The van der Waals surface area contributed by atoms with Crippen molar-refractivity contribution in [3.63, 3.8) is 0 Å². The molecule has 0 aliphatic rings. The molecule has 1 heterocycles. The van der Waals surface area contributed by atoms with Gasteiger partial charge in [0.1, 0.15) is 5.82 Å². The topological polar surface area (TPSA) is 55.9 Å². The van der Waals surface area contributed by atoms with Gasteiger partial charge in [-0.1, -0.05) is 0 Å². The number of nitrogens with zero attached hydrogens (tertiary/aromatic N) is 2. The molecule has 4 nitrogen and oxygen atoms in total. The molecule has 0 radical (unpaired) electrons. The van der Waals surface area contributed by atoms with E-state index in [1.807, 2.05) is 26.2 Å². The van der Waals surface area contributed by atoms with Crippen molar-refractivity contribution in [3.8, 4) is 0 Å². The molecule has 1 aromatic rings. The molecule has 0 saturated carbocycles.